The third kappa shape index (κ3) is 7.60. The average Bonchev–Trinajstić information content (AvgIpc) is 4.02. The molecule has 12 aromatic carbocycles. The number of rotatable bonds is 9. The molecule has 0 saturated heterocycles. The molecule has 4 nitrogen and oxygen atoms in total. The van der Waals surface area contributed by atoms with Crippen molar-refractivity contribution in [3.63, 3.8) is 0 Å². The smallest absolute Gasteiger partial charge is 0.135 e. The van der Waals surface area contributed by atoms with E-state index in [1.54, 1.807) is 0 Å². The molecule has 362 valence electrons. The van der Waals surface area contributed by atoms with Gasteiger partial charge in [0, 0.05) is 55.4 Å². The molecule has 0 aliphatic carbocycles. The Balaban J connectivity index is 0.894. The zero-order valence-electron chi connectivity index (χ0n) is 42.8. The van der Waals surface area contributed by atoms with Crippen LogP contribution < -0.4 is 9.80 Å². The number of furan rings is 2. The minimum Gasteiger partial charge on any atom is -0.456 e. The van der Waals surface area contributed by atoms with Crippen molar-refractivity contribution in [2.75, 3.05) is 9.80 Å². The molecule has 0 amide bonds. The number of hydrogen-bond donors (Lipinski definition) is 0. The van der Waals surface area contributed by atoms with Crippen LogP contribution in [0.3, 0.4) is 0 Å². The Bertz CT molecular complexity index is 4320. The van der Waals surface area contributed by atoms with Gasteiger partial charge in [-0.25, -0.2) is 0 Å². The SMILES string of the molecule is Cc1cc(-c2ccc(N(c3ccc4ccccc4c3)c3c(C)cccc3-c3ccc4oc5ccccc5c4c3)c(C)c2)ccc1N(c1ccc2ccccc2c1)c1c(C)cccc1-c1ccc2oc3ccccc3c2c1. The van der Waals surface area contributed by atoms with Crippen molar-refractivity contribution in [3.05, 3.63) is 265 Å². The molecule has 0 unspecified atom stereocenters. The van der Waals surface area contributed by atoms with Gasteiger partial charge in [0.05, 0.1) is 11.4 Å². The Morgan fingerprint density at radius 2 is 0.658 bits per heavy atom. The first-order valence-electron chi connectivity index (χ1n) is 26.1. The fourth-order valence-corrected chi connectivity index (χ4v) is 11.7. The lowest BCUT2D eigenvalue weighted by Crippen LogP contribution is -2.14. The fraction of sp³-hybridized carbons (Fsp3) is 0.0556. The summed E-state index contributed by atoms with van der Waals surface area (Å²) in [6.45, 7) is 8.96. The van der Waals surface area contributed by atoms with E-state index in [-0.39, 0.29) is 0 Å². The van der Waals surface area contributed by atoms with Gasteiger partial charge in [-0.2, -0.15) is 0 Å². The molecule has 2 heterocycles. The Labute approximate surface area is 441 Å². The van der Waals surface area contributed by atoms with Gasteiger partial charge >= 0.3 is 0 Å². The van der Waals surface area contributed by atoms with E-state index in [1.807, 2.05) is 24.3 Å². The van der Waals surface area contributed by atoms with E-state index in [0.717, 1.165) is 111 Å². The highest BCUT2D eigenvalue weighted by Crippen LogP contribution is 2.49. The van der Waals surface area contributed by atoms with Crippen molar-refractivity contribution in [2.24, 2.45) is 0 Å². The van der Waals surface area contributed by atoms with Crippen molar-refractivity contribution in [1.82, 2.24) is 0 Å². The van der Waals surface area contributed by atoms with Gasteiger partial charge in [0.15, 0.2) is 0 Å². The van der Waals surface area contributed by atoms with Gasteiger partial charge in [0.2, 0.25) is 0 Å². The number of benzene rings is 12. The van der Waals surface area contributed by atoms with Crippen molar-refractivity contribution < 1.29 is 8.83 Å². The summed E-state index contributed by atoms with van der Waals surface area (Å²) < 4.78 is 12.6. The van der Waals surface area contributed by atoms with E-state index in [9.17, 15) is 0 Å². The number of anilines is 6. The van der Waals surface area contributed by atoms with Crippen molar-refractivity contribution in [2.45, 2.75) is 27.7 Å². The summed E-state index contributed by atoms with van der Waals surface area (Å²) >= 11 is 0. The highest BCUT2D eigenvalue weighted by atomic mass is 16.3. The van der Waals surface area contributed by atoms with Crippen LogP contribution in [-0.4, -0.2) is 0 Å². The molecule has 0 saturated carbocycles. The number of aryl methyl sites for hydroxylation is 4. The second-order valence-electron chi connectivity index (χ2n) is 20.3. The molecular formula is C72H52N2O2. The molecule has 0 N–H and O–H groups in total. The predicted octanol–water partition coefficient (Wildman–Crippen LogP) is 21.0. The van der Waals surface area contributed by atoms with E-state index < -0.39 is 0 Å². The highest BCUT2D eigenvalue weighted by Gasteiger charge is 2.25. The van der Waals surface area contributed by atoms with Crippen molar-refractivity contribution in [1.29, 1.82) is 0 Å². The van der Waals surface area contributed by atoms with Gasteiger partial charge < -0.3 is 18.6 Å². The summed E-state index contributed by atoms with van der Waals surface area (Å²) in [5.41, 5.74) is 21.9. The van der Waals surface area contributed by atoms with Gasteiger partial charge in [-0.1, -0.05) is 158 Å². The van der Waals surface area contributed by atoms with Crippen LogP contribution in [0.5, 0.6) is 0 Å². The largest absolute Gasteiger partial charge is 0.456 e. The minimum absolute atomic E-state index is 0.888. The Morgan fingerprint density at radius 3 is 1.11 bits per heavy atom. The number of para-hydroxylation sites is 4. The third-order valence-electron chi connectivity index (χ3n) is 15.5. The molecule has 0 radical (unpaired) electrons. The topological polar surface area (TPSA) is 32.8 Å². The Morgan fingerprint density at radius 1 is 0.263 bits per heavy atom. The quantitative estimate of drug-likeness (QED) is 0.144. The number of hydrogen-bond acceptors (Lipinski definition) is 4. The molecule has 0 aliphatic heterocycles. The predicted molar refractivity (Wildman–Crippen MR) is 321 cm³/mol. The Hall–Kier alpha value is -9.64. The first-order chi connectivity index (χ1) is 37.3. The average molecular weight is 977 g/mol. The molecule has 76 heavy (non-hydrogen) atoms. The maximum atomic E-state index is 6.30. The Kier molecular flexibility index (Phi) is 10.7. The summed E-state index contributed by atoms with van der Waals surface area (Å²) in [6, 6.07) is 88.0. The molecule has 4 heteroatoms. The van der Waals surface area contributed by atoms with Crippen LogP contribution in [0.15, 0.2) is 251 Å². The standard InChI is InChI=1S/C72H52N2O2/c1-45-15-13-23-59(55-31-37-69-63(43-55)61-21-9-11-25-67(61)75-69)71(45)73(57-33-27-49-17-5-7-19-51(49)41-57)65-35-29-53(39-47(65)3)54-30-36-66(48(4)40-54)74(58-34-28-50-18-6-8-20-52(50)42-58)72-46(2)16-14-24-60(72)56-32-38-70-64(44-56)62-22-10-12-26-68(62)76-70/h5-44H,1-4H3. The zero-order chi connectivity index (χ0) is 51.0. The van der Waals surface area contributed by atoms with Crippen LogP contribution in [0.4, 0.5) is 34.1 Å². The second kappa shape index (κ2) is 18.1. The summed E-state index contributed by atoms with van der Waals surface area (Å²) in [5, 5.41) is 9.27. The van der Waals surface area contributed by atoms with Crippen molar-refractivity contribution in [3.8, 4) is 33.4 Å². The summed E-state index contributed by atoms with van der Waals surface area (Å²) in [4.78, 5) is 4.94. The number of fused-ring (bicyclic) bond motifs is 8. The van der Waals surface area contributed by atoms with Gasteiger partial charge in [-0.05, 0) is 179 Å². The second-order valence-corrected chi connectivity index (χ2v) is 20.3. The lowest BCUT2D eigenvalue weighted by molar-refractivity contribution is 0.668. The third-order valence-corrected chi connectivity index (χ3v) is 15.5. The summed E-state index contributed by atoms with van der Waals surface area (Å²) in [7, 11) is 0. The molecule has 0 spiro atoms. The van der Waals surface area contributed by atoms with Crippen LogP contribution >= 0.6 is 0 Å². The van der Waals surface area contributed by atoms with Crippen LogP contribution in [0.1, 0.15) is 22.3 Å². The fourth-order valence-electron chi connectivity index (χ4n) is 11.7. The van der Waals surface area contributed by atoms with Crippen LogP contribution in [0, 0.1) is 27.7 Å². The first kappa shape index (κ1) is 45.0. The summed E-state index contributed by atoms with van der Waals surface area (Å²) in [5.74, 6) is 0. The van der Waals surface area contributed by atoms with Gasteiger partial charge in [-0.3, -0.25) is 0 Å². The van der Waals surface area contributed by atoms with Crippen LogP contribution in [-0.2, 0) is 0 Å². The van der Waals surface area contributed by atoms with E-state index in [2.05, 4.69) is 256 Å². The van der Waals surface area contributed by atoms with E-state index in [0.29, 0.717) is 0 Å². The molecule has 14 aromatic rings. The van der Waals surface area contributed by atoms with E-state index in [4.69, 9.17) is 8.83 Å². The molecule has 2 aromatic heterocycles. The maximum absolute atomic E-state index is 6.30. The molecule has 0 fully saturated rings. The maximum Gasteiger partial charge on any atom is 0.135 e. The zero-order valence-corrected chi connectivity index (χ0v) is 42.8. The molecule has 0 aliphatic rings. The number of nitrogens with zero attached hydrogens (tertiary/aromatic N) is 2. The van der Waals surface area contributed by atoms with Gasteiger partial charge in [-0.15, -0.1) is 0 Å². The van der Waals surface area contributed by atoms with Crippen LogP contribution in [0.25, 0.3) is 98.8 Å². The lowest BCUT2D eigenvalue weighted by atomic mass is 9.94. The highest BCUT2D eigenvalue weighted by molar-refractivity contribution is 6.09. The van der Waals surface area contributed by atoms with Gasteiger partial charge in [0.1, 0.15) is 22.3 Å². The van der Waals surface area contributed by atoms with Crippen molar-refractivity contribution >= 4 is 99.5 Å². The normalized spacial score (nSPS) is 11.7. The molecular weight excluding hydrogens is 925 g/mol. The minimum atomic E-state index is 0.888. The summed E-state index contributed by atoms with van der Waals surface area (Å²) in [6.07, 6.45) is 0. The lowest BCUT2D eigenvalue weighted by Gasteiger charge is -2.32. The van der Waals surface area contributed by atoms with E-state index >= 15 is 0 Å². The first-order valence-corrected chi connectivity index (χ1v) is 26.1. The van der Waals surface area contributed by atoms with Gasteiger partial charge in [0.25, 0.3) is 0 Å². The molecule has 0 bridgehead atoms. The molecule has 14 rings (SSSR count). The monoisotopic (exact) mass is 976 g/mol. The molecule has 0 atom stereocenters. The van der Waals surface area contributed by atoms with E-state index in [1.165, 1.54) is 43.8 Å². The van der Waals surface area contributed by atoms with Crippen LogP contribution in [0.2, 0.25) is 0 Å².